The van der Waals surface area contributed by atoms with Crippen LogP contribution in [0.2, 0.25) is 0 Å². The number of nitrogens with one attached hydrogen (secondary N) is 1. The number of tetrazole rings is 1. The summed E-state index contributed by atoms with van der Waals surface area (Å²) in [7, 11) is 0. The third-order valence-electron chi connectivity index (χ3n) is 5.50. The van der Waals surface area contributed by atoms with Gasteiger partial charge in [0.2, 0.25) is 5.82 Å². The van der Waals surface area contributed by atoms with E-state index in [1.807, 2.05) is 34.8 Å². The molecule has 0 bridgehead atoms. The van der Waals surface area contributed by atoms with Crippen molar-refractivity contribution in [3.63, 3.8) is 0 Å². The van der Waals surface area contributed by atoms with Gasteiger partial charge in [0, 0.05) is 28.7 Å². The minimum Gasteiger partial charge on any atom is -0.321 e. The molecule has 3 heterocycles. The number of aromatic nitrogens is 5. The molecule has 0 radical (unpaired) electrons. The van der Waals surface area contributed by atoms with Crippen molar-refractivity contribution >= 4 is 22.7 Å². The smallest absolute Gasteiger partial charge is 0.214 e. The standard InChI is InChI=1S/C22H22N6S/c1-2-5-17(6-3-1)16-28-22(24-25-26-28)21(27-11-13-29-14-12-27)19-8-9-20-18(15-19)7-4-10-23-20/h1-10,15,21H,11-14,16H2/p+1/t21-/m0/s1. The fourth-order valence-corrected chi connectivity index (χ4v) is 5.07. The number of hydrogen-bond acceptors (Lipinski definition) is 5. The van der Waals surface area contributed by atoms with Gasteiger partial charge in [0.1, 0.15) is 0 Å². The molecule has 5 rings (SSSR count). The second-order valence-corrected chi connectivity index (χ2v) is 8.56. The first-order valence-electron chi connectivity index (χ1n) is 9.95. The van der Waals surface area contributed by atoms with E-state index in [0.29, 0.717) is 6.54 Å². The second kappa shape index (κ2) is 8.31. The zero-order chi connectivity index (χ0) is 19.5. The highest BCUT2D eigenvalue weighted by atomic mass is 32.2. The van der Waals surface area contributed by atoms with Gasteiger partial charge in [-0.2, -0.15) is 11.8 Å². The lowest BCUT2D eigenvalue weighted by atomic mass is 10.0. The number of quaternary nitrogens is 1. The van der Waals surface area contributed by atoms with Crippen molar-refractivity contribution in [2.75, 3.05) is 24.6 Å². The van der Waals surface area contributed by atoms with Crippen LogP contribution in [0, 0.1) is 0 Å². The minimum atomic E-state index is 0.110. The van der Waals surface area contributed by atoms with Gasteiger partial charge in [0.15, 0.2) is 6.04 Å². The zero-order valence-electron chi connectivity index (χ0n) is 16.1. The van der Waals surface area contributed by atoms with E-state index < -0.39 is 0 Å². The highest BCUT2D eigenvalue weighted by Crippen LogP contribution is 2.22. The van der Waals surface area contributed by atoms with Crippen molar-refractivity contribution in [3.8, 4) is 0 Å². The van der Waals surface area contributed by atoms with E-state index in [9.17, 15) is 0 Å². The van der Waals surface area contributed by atoms with Crippen LogP contribution < -0.4 is 4.90 Å². The van der Waals surface area contributed by atoms with E-state index in [2.05, 4.69) is 69.0 Å². The monoisotopic (exact) mass is 403 g/mol. The zero-order valence-corrected chi connectivity index (χ0v) is 16.9. The highest BCUT2D eigenvalue weighted by Gasteiger charge is 2.33. The maximum atomic E-state index is 4.50. The number of rotatable bonds is 5. The topological polar surface area (TPSA) is 60.9 Å². The fraction of sp³-hybridized carbons (Fsp3) is 0.273. The average Bonchev–Trinajstić information content (AvgIpc) is 3.23. The quantitative estimate of drug-likeness (QED) is 0.552. The molecular formula is C22H23N6S+. The molecule has 29 heavy (non-hydrogen) atoms. The van der Waals surface area contributed by atoms with Gasteiger partial charge in [-0.05, 0) is 34.2 Å². The Kier molecular flexibility index (Phi) is 5.23. The number of fused-ring (bicyclic) bond motifs is 1. The van der Waals surface area contributed by atoms with Crippen molar-refractivity contribution in [3.05, 3.63) is 83.8 Å². The molecule has 4 aromatic rings. The Morgan fingerprint density at radius 2 is 1.86 bits per heavy atom. The second-order valence-electron chi connectivity index (χ2n) is 7.34. The summed E-state index contributed by atoms with van der Waals surface area (Å²) < 4.78 is 1.96. The molecule has 1 fully saturated rings. The van der Waals surface area contributed by atoms with Gasteiger partial charge in [-0.3, -0.25) is 4.98 Å². The third-order valence-corrected chi connectivity index (χ3v) is 6.48. The molecule has 1 N–H and O–H groups in total. The molecule has 1 atom stereocenters. The Labute approximate surface area is 173 Å². The molecule has 2 aromatic carbocycles. The van der Waals surface area contributed by atoms with E-state index in [1.165, 1.54) is 27.5 Å². The van der Waals surface area contributed by atoms with Crippen molar-refractivity contribution in [2.24, 2.45) is 0 Å². The van der Waals surface area contributed by atoms with Crippen molar-refractivity contribution < 1.29 is 4.90 Å². The summed E-state index contributed by atoms with van der Waals surface area (Å²) in [5.74, 6) is 3.27. The predicted molar refractivity (Wildman–Crippen MR) is 115 cm³/mol. The molecule has 0 unspecified atom stereocenters. The molecule has 2 aromatic heterocycles. The Morgan fingerprint density at radius 1 is 1.00 bits per heavy atom. The average molecular weight is 404 g/mol. The first-order chi connectivity index (χ1) is 14.4. The van der Waals surface area contributed by atoms with Gasteiger partial charge < -0.3 is 4.90 Å². The number of nitrogens with zero attached hydrogens (tertiary/aromatic N) is 5. The predicted octanol–water partition coefficient (Wildman–Crippen LogP) is 1.99. The van der Waals surface area contributed by atoms with E-state index in [0.717, 1.165) is 29.8 Å². The van der Waals surface area contributed by atoms with Crippen molar-refractivity contribution in [1.29, 1.82) is 0 Å². The van der Waals surface area contributed by atoms with Gasteiger partial charge in [0.05, 0.1) is 25.2 Å². The highest BCUT2D eigenvalue weighted by molar-refractivity contribution is 7.99. The molecule has 0 spiro atoms. The first kappa shape index (κ1) is 18.3. The van der Waals surface area contributed by atoms with E-state index in [1.54, 1.807) is 0 Å². The molecule has 7 heteroatoms. The molecule has 1 saturated heterocycles. The van der Waals surface area contributed by atoms with Gasteiger partial charge >= 0.3 is 0 Å². The molecule has 6 nitrogen and oxygen atoms in total. The third kappa shape index (κ3) is 3.88. The van der Waals surface area contributed by atoms with Crippen LogP contribution in [0.25, 0.3) is 10.9 Å². The van der Waals surface area contributed by atoms with Crippen molar-refractivity contribution in [2.45, 2.75) is 12.6 Å². The van der Waals surface area contributed by atoms with Crippen LogP contribution in [0.4, 0.5) is 0 Å². The maximum absolute atomic E-state index is 4.50. The normalized spacial score (nSPS) is 16.1. The van der Waals surface area contributed by atoms with Crippen LogP contribution in [0.1, 0.15) is 23.0 Å². The SMILES string of the molecule is c1ccc(Cn2nnnc2[C@H](c2ccc3ncccc3c2)[NH+]2CCSCC2)cc1. The molecular weight excluding hydrogens is 380 g/mol. The maximum Gasteiger partial charge on any atom is 0.214 e. The Hall–Kier alpha value is -2.77. The number of pyridine rings is 1. The molecule has 1 aliphatic rings. The van der Waals surface area contributed by atoms with Gasteiger partial charge in [-0.1, -0.05) is 42.5 Å². The fourth-order valence-electron chi connectivity index (χ4n) is 4.05. The lowest BCUT2D eigenvalue weighted by molar-refractivity contribution is -0.922. The van der Waals surface area contributed by atoms with Crippen LogP contribution in [0.5, 0.6) is 0 Å². The first-order valence-corrected chi connectivity index (χ1v) is 11.1. The summed E-state index contributed by atoms with van der Waals surface area (Å²) in [5.41, 5.74) is 3.46. The Morgan fingerprint density at radius 3 is 2.72 bits per heavy atom. The van der Waals surface area contributed by atoms with E-state index in [-0.39, 0.29) is 6.04 Å². The number of benzene rings is 2. The molecule has 146 valence electrons. The van der Waals surface area contributed by atoms with Gasteiger partial charge in [0.25, 0.3) is 0 Å². The summed E-state index contributed by atoms with van der Waals surface area (Å²) in [4.78, 5) is 6.00. The van der Waals surface area contributed by atoms with Crippen molar-refractivity contribution in [1.82, 2.24) is 25.2 Å². The number of hydrogen-bond donors (Lipinski definition) is 1. The summed E-state index contributed by atoms with van der Waals surface area (Å²) >= 11 is 2.03. The largest absolute Gasteiger partial charge is 0.321 e. The lowest BCUT2D eigenvalue weighted by Crippen LogP contribution is -3.14. The molecule has 0 saturated carbocycles. The molecule has 0 amide bonds. The van der Waals surface area contributed by atoms with E-state index >= 15 is 0 Å². The molecule has 0 aliphatic carbocycles. The minimum absolute atomic E-state index is 0.110. The van der Waals surface area contributed by atoms with Crippen LogP contribution in [0.15, 0.2) is 66.9 Å². The lowest BCUT2D eigenvalue weighted by Gasteiger charge is -2.31. The summed E-state index contributed by atoms with van der Waals surface area (Å²) in [5, 5.41) is 14.1. The summed E-state index contributed by atoms with van der Waals surface area (Å²) in [6.07, 6.45) is 1.84. The van der Waals surface area contributed by atoms with Crippen LogP contribution >= 0.6 is 11.8 Å². The van der Waals surface area contributed by atoms with Crippen LogP contribution in [0.3, 0.4) is 0 Å². The Bertz CT molecular complexity index is 1090. The Balaban J connectivity index is 1.57. The number of thioether (sulfide) groups is 1. The summed E-state index contributed by atoms with van der Waals surface area (Å²) in [6, 6.07) is 21.2. The van der Waals surface area contributed by atoms with Gasteiger partial charge in [-0.15, -0.1) is 5.10 Å². The van der Waals surface area contributed by atoms with E-state index in [4.69, 9.17) is 0 Å². The van der Waals surface area contributed by atoms with Crippen LogP contribution in [-0.4, -0.2) is 49.8 Å². The summed E-state index contributed by atoms with van der Waals surface area (Å²) in [6.45, 7) is 2.90. The molecule has 1 aliphatic heterocycles. The van der Waals surface area contributed by atoms with Gasteiger partial charge in [-0.25, -0.2) is 4.68 Å². The van der Waals surface area contributed by atoms with Crippen LogP contribution in [-0.2, 0) is 6.54 Å².